The lowest BCUT2D eigenvalue weighted by atomic mass is 9.85. The van der Waals surface area contributed by atoms with Crippen LogP contribution in [0.5, 0.6) is 0 Å². The molecule has 0 saturated carbocycles. The summed E-state index contributed by atoms with van der Waals surface area (Å²) >= 11 is 0. The topological polar surface area (TPSA) is 12.9 Å². The Bertz CT molecular complexity index is 458. The van der Waals surface area contributed by atoms with Crippen molar-refractivity contribution in [1.29, 1.82) is 0 Å². The third-order valence-electron chi connectivity index (χ3n) is 4.42. The summed E-state index contributed by atoms with van der Waals surface area (Å²) in [6, 6.07) is 15.0. The lowest BCUT2D eigenvalue weighted by Gasteiger charge is -2.20. The number of nitrogens with zero attached hydrogens (tertiary/aromatic N) is 1. The van der Waals surface area contributed by atoms with Crippen LogP contribution in [0.25, 0.3) is 0 Å². The number of hydrogen-bond acceptors (Lipinski definition) is 1. The second-order valence-corrected chi connectivity index (χ2v) is 6.41. The quantitative estimate of drug-likeness (QED) is 0.581. The Hall–Kier alpha value is -1.63. The smallest absolute Gasteiger partial charge is 0.0299 e. The lowest BCUT2D eigenvalue weighted by Crippen LogP contribution is -2.08. The van der Waals surface area contributed by atoms with E-state index in [0.717, 1.165) is 12.3 Å². The molecule has 1 unspecified atom stereocenters. The molecule has 0 spiro atoms. The Kier molecular flexibility index (Phi) is 7.15. The van der Waals surface area contributed by atoms with E-state index in [1.807, 2.05) is 18.5 Å². The van der Waals surface area contributed by atoms with Crippen LogP contribution in [-0.4, -0.2) is 4.98 Å². The van der Waals surface area contributed by atoms with E-state index in [1.165, 1.54) is 43.2 Å². The third-order valence-corrected chi connectivity index (χ3v) is 4.42. The van der Waals surface area contributed by atoms with E-state index in [0.29, 0.717) is 0 Å². The number of rotatable bonds is 9. The Labute approximate surface area is 135 Å². The molecule has 1 aromatic heterocycles. The zero-order valence-electron chi connectivity index (χ0n) is 14.0. The summed E-state index contributed by atoms with van der Waals surface area (Å²) in [5, 5.41) is 0. The van der Waals surface area contributed by atoms with Crippen molar-refractivity contribution < 1.29 is 0 Å². The summed E-state index contributed by atoms with van der Waals surface area (Å²) in [6.07, 6.45) is 11.3. The highest BCUT2D eigenvalue weighted by Gasteiger charge is 2.13. The first-order valence-electron chi connectivity index (χ1n) is 8.48. The molecule has 22 heavy (non-hydrogen) atoms. The third kappa shape index (κ3) is 6.01. The molecule has 0 amide bonds. The molecule has 1 aromatic carbocycles. The van der Waals surface area contributed by atoms with Gasteiger partial charge in [-0.3, -0.25) is 4.98 Å². The standard InChI is InChI=1S/C21H28N/c1-18(2)21(14-6-11-19-9-4-3-5-10-19)15-7-12-20-13-8-16-22-17-20/h3-5,8-10,13,16-17,21H,6-7,11-12,14-15H2,1-2H3. The molecule has 0 aliphatic heterocycles. The molecular weight excluding hydrogens is 266 g/mol. The highest BCUT2D eigenvalue weighted by molar-refractivity contribution is 5.14. The zero-order chi connectivity index (χ0) is 15.6. The van der Waals surface area contributed by atoms with Crippen molar-refractivity contribution in [3.05, 3.63) is 71.9 Å². The maximum absolute atomic E-state index is 4.20. The van der Waals surface area contributed by atoms with Crippen molar-refractivity contribution in [2.75, 3.05) is 0 Å². The predicted octanol–water partition coefficient (Wildman–Crippen LogP) is 5.66. The Balaban J connectivity index is 1.70. The molecule has 0 fully saturated rings. The van der Waals surface area contributed by atoms with E-state index in [-0.39, 0.29) is 0 Å². The molecule has 117 valence electrons. The van der Waals surface area contributed by atoms with Gasteiger partial charge in [0, 0.05) is 12.4 Å². The molecule has 1 nitrogen and oxygen atoms in total. The highest BCUT2D eigenvalue weighted by atomic mass is 14.6. The molecule has 0 aliphatic carbocycles. The first-order valence-corrected chi connectivity index (χ1v) is 8.48. The van der Waals surface area contributed by atoms with Crippen LogP contribution in [0.4, 0.5) is 0 Å². The Morgan fingerprint density at radius 3 is 2.09 bits per heavy atom. The molecule has 0 aliphatic rings. The average molecular weight is 294 g/mol. The molecule has 0 bridgehead atoms. The van der Waals surface area contributed by atoms with Gasteiger partial charge in [-0.15, -0.1) is 0 Å². The zero-order valence-corrected chi connectivity index (χ0v) is 14.0. The van der Waals surface area contributed by atoms with Gasteiger partial charge in [-0.05, 0) is 67.6 Å². The molecule has 2 rings (SSSR count). The lowest BCUT2D eigenvalue weighted by molar-refractivity contribution is 0.440. The van der Waals surface area contributed by atoms with Gasteiger partial charge in [0.15, 0.2) is 0 Å². The second kappa shape index (κ2) is 9.40. The number of benzene rings is 1. The van der Waals surface area contributed by atoms with Crippen LogP contribution in [0.15, 0.2) is 54.9 Å². The van der Waals surface area contributed by atoms with Gasteiger partial charge in [0.2, 0.25) is 0 Å². The van der Waals surface area contributed by atoms with Crippen LogP contribution in [-0.2, 0) is 12.8 Å². The van der Waals surface area contributed by atoms with Crippen molar-refractivity contribution >= 4 is 0 Å². The van der Waals surface area contributed by atoms with E-state index in [4.69, 9.17) is 0 Å². The fourth-order valence-electron chi connectivity index (χ4n) is 3.02. The fourth-order valence-corrected chi connectivity index (χ4v) is 3.02. The fraction of sp³-hybridized carbons (Fsp3) is 0.429. The number of aromatic nitrogens is 1. The van der Waals surface area contributed by atoms with Gasteiger partial charge in [0.25, 0.3) is 0 Å². The van der Waals surface area contributed by atoms with Crippen molar-refractivity contribution in [3.8, 4) is 0 Å². The van der Waals surface area contributed by atoms with Gasteiger partial charge in [-0.2, -0.15) is 0 Å². The Morgan fingerprint density at radius 2 is 1.50 bits per heavy atom. The summed E-state index contributed by atoms with van der Waals surface area (Å²) in [5.74, 6) is 2.35. The van der Waals surface area contributed by atoms with Gasteiger partial charge in [0.05, 0.1) is 0 Å². The second-order valence-electron chi connectivity index (χ2n) is 6.41. The van der Waals surface area contributed by atoms with Gasteiger partial charge in [0.1, 0.15) is 0 Å². The van der Waals surface area contributed by atoms with Gasteiger partial charge >= 0.3 is 0 Å². The number of pyridine rings is 1. The highest BCUT2D eigenvalue weighted by Crippen LogP contribution is 2.25. The molecule has 1 atom stereocenters. The molecule has 1 radical (unpaired) electrons. The molecule has 1 heterocycles. The molecule has 0 saturated heterocycles. The number of aryl methyl sites for hydroxylation is 2. The van der Waals surface area contributed by atoms with E-state index in [1.54, 1.807) is 5.92 Å². The van der Waals surface area contributed by atoms with Crippen LogP contribution >= 0.6 is 0 Å². The first kappa shape index (κ1) is 16.7. The first-order chi connectivity index (χ1) is 10.8. The summed E-state index contributed by atoms with van der Waals surface area (Å²) in [7, 11) is 0. The van der Waals surface area contributed by atoms with Gasteiger partial charge in [-0.25, -0.2) is 0 Å². The minimum Gasteiger partial charge on any atom is -0.264 e. The minimum atomic E-state index is 0.764. The maximum atomic E-state index is 4.20. The number of hydrogen-bond donors (Lipinski definition) is 0. The minimum absolute atomic E-state index is 0.764. The van der Waals surface area contributed by atoms with Crippen molar-refractivity contribution in [1.82, 2.24) is 4.98 Å². The average Bonchev–Trinajstić information content (AvgIpc) is 2.55. The van der Waals surface area contributed by atoms with E-state index >= 15 is 0 Å². The molecule has 0 N–H and O–H groups in total. The van der Waals surface area contributed by atoms with Crippen LogP contribution in [0.3, 0.4) is 0 Å². The molecular formula is C21H28N. The van der Waals surface area contributed by atoms with Crippen LogP contribution < -0.4 is 0 Å². The molecule has 1 heteroatoms. The van der Waals surface area contributed by atoms with Crippen LogP contribution in [0, 0.1) is 11.8 Å². The van der Waals surface area contributed by atoms with Crippen molar-refractivity contribution in [2.24, 2.45) is 5.92 Å². The Morgan fingerprint density at radius 1 is 0.864 bits per heavy atom. The summed E-state index contributed by atoms with van der Waals surface area (Å²) in [4.78, 5) is 4.20. The monoisotopic (exact) mass is 294 g/mol. The van der Waals surface area contributed by atoms with E-state index in [9.17, 15) is 0 Å². The van der Waals surface area contributed by atoms with Crippen molar-refractivity contribution in [3.63, 3.8) is 0 Å². The van der Waals surface area contributed by atoms with Crippen LogP contribution in [0.1, 0.15) is 50.7 Å². The van der Waals surface area contributed by atoms with Gasteiger partial charge < -0.3 is 0 Å². The predicted molar refractivity (Wildman–Crippen MR) is 94.6 cm³/mol. The normalized spacial score (nSPS) is 12.5. The summed E-state index contributed by atoms with van der Waals surface area (Å²) in [6.45, 7) is 4.58. The van der Waals surface area contributed by atoms with Gasteiger partial charge in [-0.1, -0.05) is 50.2 Å². The van der Waals surface area contributed by atoms with Crippen LogP contribution in [0.2, 0.25) is 0 Å². The molecule has 2 aromatic rings. The summed E-state index contributed by atoms with van der Waals surface area (Å²) in [5.41, 5.74) is 2.82. The summed E-state index contributed by atoms with van der Waals surface area (Å²) < 4.78 is 0. The van der Waals surface area contributed by atoms with E-state index in [2.05, 4.69) is 55.2 Å². The largest absolute Gasteiger partial charge is 0.264 e. The van der Waals surface area contributed by atoms with Crippen molar-refractivity contribution in [2.45, 2.75) is 52.4 Å². The van der Waals surface area contributed by atoms with E-state index < -0.39 is 0 Å². The SMILES string of the molecule is C[C](C)C(CCCc1ccccc1)CCCc1cccnc1. The maximum Gasteiger partial charge on any atom is 0.0299 e.